The van der Waals surface area contributed by atoms with E-state index in [9.17, 15) is 8.42 Å². The number of nitrogens with two attached hydrogens (primary N) is 1. The van der Waals surface area contributed by atoms with E-state index in [-0.39, 0.29) is 16.7 Å². The first kappa shape index (κ1) is 15.1. The van der Waals surface area contributed by atoms with E-state index < -0.39 is 10.0 Å². The third-order valence-corrected chi connectivity index (χ3v) is 4.91. The Morgan fingerprint density at radius 3 is 2.75 bits per heavy atom. The molecule has 6 nitrogen and oxygen atoms in total. The molecule has 0 aromatic heterocycles. The summed E-state index contributed by atoms with van der Waals surface area (Å²) < 4.78 is 31.2. The Morgan fingerprint density at radius 2 is 2.15 bits per heavy atom. The first-order valence-corrected chi connectivity index (χ1v) is 8.12. The highest BCUT2D eigenvalue weighted by molar-refractivity contribution is 7.89. The van der Waals surface area contributed by atoms with Crippen molar-refractivity contribution in [2.45, 2.75) is 36.8 Å². The van der Waals surface area contributed by atoms with Gasteiger partial charge in [0.05, 0.1) is 11.8 Å². The molecule has 2 atom stereocenters. The van der Waals surface area contributed by atoms with Crippen LogP contribution < -0.4 is 15.8 Å². The molecule has 1 aliphatic rings. The van der Waals surface area contributed by atoms with Crippen molar-refractivity contribution in [3.05, 3.63) is 18.2 Å². The lowest BCUT2D eigenvalue weighted by Crippen LogP contribution is -2.32. The van der Waals surface area contributed by atoms with E-state index in [1.807, 2.05) is 6.92 Å². The van der Waals surface area contributed by atoms with Crippen LogP contribution in [0.25, 0.3) is 0 Å². The molecule has 112 valence electrons. The standard InChI is InChI=1S/C13H21N3O3S/c1-9-7-11(5-6-19-9)16-10-3-4-13(12(14)8-10)20(17,18)15-2/h3-4,8-9,11,15-16H,5-7,14H2,1-2H3. The molecule has 1 aromatic rings. The number of ether oxygens (including phenoxy) is 1. The van der Waals surface area contributed by atoms with Crippen LogP contribution in [0, 0.1) is 0 Å². The van der Waals surface area contributed by atoms with Gasteiger partial charge in [-0.15, -0.1) is 0 Å². The molecule has 20 heavy (non-hydrogen) atoms. The summed E-state index contributed by atoms with van der Waals surface area (Å²) in [5.74, 6) is 0. The zero-order valence-electron chi connectivity index (χ0n) is 11.7. The Balaban J connectivity index is 2.13. The molecular formula is C13H21N3O3S. The van der Waals surface area contributed by atoms with Crippen LogP contribution in [-0.2, 0) is 14.8 Å². The summed E-state index contributed by atoms with van der Waals surface area (Å²) in [6.07, 6.45) is 2.10. The fraction of sp³-hybridized carbons (Fsp3) is 0.538. The Hall–Kier alpha value is -1.31. The quantitative estimate of drug-likeness (QED) is 0.725. The van der Waals surface area contributed by atoms with Gasteiger partial charge in [0, 0.05) is 18.3 Å². The van der Waals surface area contributed by atoms with Crippen molar-refractivity contribution in [1.82, 2.24) is 4.72 Å². The van der Waals surface area contributed by atoms with E-state index in [2.05, 4.69) is 10.0 Å². The van der Waals surface area contributed by atoms with Gasteiger partial charge in [0.15, 0.2) is 0 Å². The van der Waals surface area contributed by atoms with Crippen LogP contribution in [0.3, 0.4) is 0 Å². The van der Waals surface area contributed by atoms with Gasteiger partial charge in [-0.2, -0.15) is 0 Å². The maximum atomic E-state index is 11.7. The van der Waals surface area contributed by atoms with E-state index in [1.165, 1.54) is 13.1 Å². The van der Waals surface area contributed by atoms with Crippen molar-refractivity contribution >= 4 is 21.4 Å². The van der Waals surface area contributed by atoms with E-state index in [0.717, 1.165) is 25.1 Å². The highest BCUT2D eigenvalue weighted by Crippen LogP contribution is 2.24. The highest BCUT2D eigenvalue weighted by Gasteiger charge is 2.20. The van der Waals surface area contributed by atoms with Crippen molar-refractivity contribution in [3.63, 3.8) is 0 Å². The summed E-state index contributed by atoms with van der Waals surface area (Å²) in [7, 11) is -2.14. The molecule has 1 heterocycles. The Kier molecular flexibility index (Phi) is 4.52. The summed E-state index contributed by atoms with van der Waals surface area (Å²) in [5.41, 5.74) is 6.90. The number of rotatable bonds is 4. The SMILES string of the molecule is CNS(=O)(=O)c1ccc(NC2CCOC(C)C2)cc1N. The number of sulfonamides is 1. The molecular weight excluding hydrogens is 278 g/mol. The van der Waals surface area contributed by atoms with Crippen LogP contribution >= 0.6 is 0 Å². The van der Waals surface area contributed by atoms with E-state index >= 15 is 0 Å². The minimum absolute atomic E-state index is 0.103. The fourth-order valence-corrected chi connectivity index (χ4v) is 3.19. The number of benzene rings is 1. The minimum atomic E-state index is -3.51. The molecule has 1 fully saturated rings. The second-order valence-corrected chi connectivity index (χ2v) is 6.86. The van der Waals surface area contributed by atoms with Crippen LogP contribution in [-0.4, -0.2) is 34.2 Å². The average molecular weight is 299 g/mol. The molecule has 0 bridgehead atoms. The molecule has 0 radical (unpaired) electrons. The number of hydrogen-bond acceptors (Lipinski definition) is 5. The van der Waals surface area contributed by atoms with Gasteiger partial charge in [0.2, 0.25) is 10.0 Å². The molecule has 1 saturated heterocycles. The van der Waals surface area contributed by atoms with E-state index in [4.69, 9.17) is 10.5 Å². The van der Waals surface area contributed by atoms with Gasteiger partial charge in [0.25, 0.3) is 0 Å². The van der Waals surface area contributed by atoms with Gasteiger partial charge in [-0.05, 0) is 45.0 Å². The molecule has 0 aliphatic carbocycles. The van der Waals surface area contributed by atoms with Crippen LogP contribution in [0.5, 0.6) is 0 Å². The zero-order valence-corrected chi connectivity index (χ0v) is 12.5. The fourth-order valence-electron chi connectivity index (χ4n) is 2.36. The zero-order chi connectivity index (χ0) is 14.8. The van der Waals surface area contributed by atoms with E-state index in [1.54, 1.807) is 12.1 Å². The lowest BCUT2D eigenvalue weighted by molar-refractivity contribution is 0.0232. The van der Waals surface area contributed by atoms with Gasteiger partial charge < -0.3 is 15.8 Å². The lowest BCUT2D eigenvalue weighted by atomic mass is 10.0. The maximum Gasteiger partial charge on any atom is 0.242 e. The second kappa shape index (κ2) is 5.99. The van der Waals surface area contributed by atoms with Gasteiger partial charge in [0.1, 0.15) is 4.90 Å². The van der Waals surface area contributed by atoms with Crippen LogP contribution in [0.15, 0.2) is 23.1 Å². The summed E-state index contributed by atoms with van der Waals surface area (Å²) >= 11 is 0. The van der Waals surface area contributed by atoms with Gasteiger partial charge in [-0.3, -0.25) is 0 Å². The Labute approximate surface area is 119 Å². The van der Waals surface area contributed by atoms with Gasteiger partial charge >= 0.3 is 0 Å². The maximum absolute atomic E-state index is 11.7. The van der Waals surface area contributed by atoms with Crippen LogP contribution in [0.2, 0.25) is 0 Å². The summed E-state index contributed by atoms with van der Waals surface area (Å²) in [6, 6.07) is 5.24. The number of hydrogen-bond donors (Lipinski definition) is 3. The molecule has 7 heteroatoms. The Morgan fingerprint density at radius 1 is 1.40 bits per heavy atom. The molecule has 2 rings (SSSR count). The lowest BCUT2D eigenvalue weighted by Gasteiger charge is -2.28. The molecule has 1 aromatic carbocycles. The molecule has 4 N–H and O–H groups in total. The normalized spacial score (nSPS) is 23.5. The van der Waals surface area contributed by atoms with Crippen LogP contribution in [0.4, 0.5) is 11.4 Å². The number of anilines is 2. The minimum Gasteiger partial charge on any atom is -0.398 e. The van der Waals surface area contributed by atoms with Gasteiger partial charge in [-0.1, -0.05) is 0 Å². The first-order chi connectivity index (χ1) is 9.42. The molecule has 0 saturated carbocycles. The smallest absolute Gasteiger partial charge is 0.242 e. The van der Waals surface area contributed by atoms with Crippen molar-refractivity contribution in [3.8, 4) is 0 Å². The molecule has 0 amide bonds. The number of nitrogens with one attached hydrogen (secondary N) is 2. The Bertz CT molecular complexity index is 574. The molecule has 0 spiro atoms. The number of nitrogen functional groups attached to an aromatic ring is 1. The van der Waals surface area contributed by atoms with Crippen molar-refractivity contribution in [2.24, 2.45) is 0 Å². The summed E-state index contributed by atoms with van der Waals surface area (Å²) in [5, 5.41) is 3.37. The molecule has 1 aliphatic heterocycles. The first-order valence-electron chi connectivity index (χ1n) is 6.63. The van der Waals surface area contributed by atoms with Crippen molar-refractivity contribution < 1.29 is 13.2 Å². The predicted octanol–water partition coefficient (Wildman–Crippen LogP) is 1.16. The monoisotopic (exact) mass is 299 g/mol. The average Bonchev–Trinajstić information content (AvgIpc) is 2.38. The predicted molar refractivity (Wildman–Crippen MR) is 79.2 cm³/mol. The third-order valence-electron chi connectivity index (χ3n) is 3.42. The summed E-state index contributed by atoms with van der Waals surface area (Å²) in [6.45, 7) is 2.78. The topological polar surface area (TPSA) is 93.5 Å². The largest absolute Gasteiger partial charge is 0.398 e. The third kappa shape index (κ3) is 3.41. The second-order valence-electron chi connectivity index (χ2n) is 5.01. The van der Waals surface area contributed by atoms with Crippen molar-refractivity contribution in [2.75, 3.05) is 24.7 Å². The van der Waals surface area contributed by atoms with Gasteiger partial charge in [-0.25, -0.2) is 13.1 Å². The van der Waals surface area contributed by atoms with E-state index in [0.29, 0.717) is 6.04 Å². The molecule has 2 unspecified atom stereocenters. The highest BCUT2D eigenvalue weighted by atomic mass is 32.2. The van der Waals surface area contributed by atoms with Crippen molar-refractivity contribution in [1.29, 1.82) is 0 Å². The summed E-state index contributed by atoms with van der Waals surface area (Å²) in [4.78, 5) is 0.103. The van der Waals surface area contributed by atoms with Crippen LogP contribution in [0.1, 0.15) is 19.8 Å².